The highest BCUT2D eigenvalue weighted by molar-refractivity contribution is 5.48. The van der Waals surface area contributed by atoms with Crippen LogP contribution < -0.4 is 0 Å². The van der Waals surface area contributed by atoms with Gasteiger partial charge in [-0.1, -0.05) is 54.6 Å². The molecule has 0 radical (unpaired) electrons. The van der Waals surface area contributed by atoms with Gasteiger partial charge in [-0.3, -0.25) is 0 Å². The van der Waals surface area contributed by atoms with E-state index in [1.165, 1.54) is 31.2 Å². The summed E-state index contributed by atoms with van der Waals surface area (Å²) in [6.07, 6.45) is 14.4. The second-order valence-electron chi connectivity index (χ2n) is 4.17. The molecule has 1 aliphatic carbocycles. The molecule has 0 aliphatic heterocycles. The summed E-state index contributed by atoms with van der Waals surface area (Å²) in [6.45, 7) is 0. The molecule has 0 aromatic heterocycles. The Hall–Kier alpha value is -1.30. The molecule has 15 heavy (non-hydrogen) atoms. The van der Waals surface area contributed by atoms with Crippen molar-refractivity contribution in [2.75, 3.05) is 0 Å². The Kier molecular flexibility index (Phi) is 3.78. The van der Waals surface area contributed by atoms with E-state index in [4.69, 9.17) is 0 Å². The van der Waals surface area contributed by atoms with Gasteiger partial charge in [-0.05, 0) is 37.2 Å². The summed E-state index contributed by atoms with van der Waals surface area (Å²) in [6, 6.07) is 10.5. The Morgan fingerprint density at radius 2 is 2.07 bits per heavy atom. The van der Waals surface area contributed by atoms with Crippen molar-refractivity contribution in [2.45, 2.75) is 25.7 Å². The molecule has 1 aromatic carbocycles. The third kappa shape index (κ3) is 3.39. The molecule has 78 valence electrons. The molecule has 1 aliphatic rings. The normalized spacial score (nSPS) is 20.9. The number of hydrogen-bond donors (Lipinski definition) is 0. The maximum absolute atomic E-state index is 2.37. The van der Waals surface area contributed by atoms with Crippen LogP contribution in [0.5, 0.6) is 0 Å². The highest BCUT2D eigenvalue weighted by Gasteiger charge is 2.05. The molecule has 0 fully saturated rings. The van der Waals surface area contributed by atoms with Gasteiger partial charge in [-0.25, -0.2) is 0 Å². The predicted octanol–water partition coefficient (Wildman–Crippen LogP) is 4.45. The molecule has 1 aromatic rings. The molecule has 1 unspecified atom stereocenters. The van der Waals surface area contributed by atoms with Gasteiger partial charge in [-0.15, -0.1) is 0 Å². The Labute approximate surface area is 92.3 Å². The van der Waals surface area contributed by atoms with E-state index in [-0.39, 0.29) is 0 Å². The molecule has 0 heteroatoms. The van der Waals surface area contributed by atoms with Crippen molar-refractivity contribution in [2.24, 2.45) is 5.92 Å². The van der Waals surface area contributed by atoms with Crippen molar-refractivity contribution in [3.05, 3.63) is 54.1 Å². The number of rotatable bonds is 3. The molecule has 2 rings (SSSR count). The molecule has 0 spiro atoms. The van der Waals surface area contributed by atoms with Crippen molar-refractivity contribution < 1.29 is 0 Å². The molecule has 1 atom stereocenters. The van der Waals surface area contributed by atoms with Gasteiger partial charge in [0.05, 0.1) is 0 Å². The SMILES string of the molecule is C1=CC(C/C=C/c2ccccc2)CCC1. The first-order valence-corrected chi connectivity index (χ1v) is 5.83. The Balaban J connectivity index is 1.85. The molecule has 0 N–H and O–H groups in total. The van der Waals surface area contributed by atoms with Crippen LogP contribution in [0.2, 0.25) is 0 Å². The van der Waals surface area contributed by atoms with Crippen molar-refractivity contribution in [1.82, 2.24) is 0 Å². The fraction of sp³-hybridized carbons (Fsp3) is 0.333. The van der Waals surface area contributed by atoms with Gasteiger partial charge in [0.25, 0.3) is 0 Å². The van der Waals surface area contributed by atoms with E-state index in [2.05, 4.69) is 54.6 Å². The van der Waals surface area contributed by atoms with E-state index in [9.17, 15) is 0 Å². The van der Waals surface area contributed by atoms with E-state index in [1.807, 2.05) is 0 Å². The molecular weight excluding hydrogens is 180 g/mol. The monoisotopic (exact) mass is 198 g/mol. The van der Waals surface area contributed by atoms with E-state index >= 15 is 0 Å². The van der Waals surface area contributed by atoms with Crippen LogP contribution in [0.1, 0.15) is 31.2 Å². The van der Waals surface area contributed by atoms with E-state index in [0.717, 1.165) is 5.92 Å². The lowest BCUT2D eigenvalue weighted by atomic mass is 9.93. The average molecular weight is 198 g/mol. The van der Waals surface area contributed by atoms with Crippen LogP contribution in [0.3, 0.4) is 0 Å². The lowest BCUT2D eigenvalue weighted by Gasteiger charge is -2.13. The first kappa shape index (κ1) is 10.2. The first-order chi connectivity index (χ1) is 7.45. The van der Waals surface area contributed by atoms with Crippen LogP contribution in [0.15, 0.2) is 48.6 Å². The maximum Gasteiger partial charge on any atom is -0.0199 e. The third-order valence-electron chi connectivity index (χ3n) is 2.90. The lowest BCUT2D eigenvalue weighted by molar-refractivity contribution is 0.548. The summed E-state index contributed by atoms with van der Waals surface area (Å²) in [5.41, 5.74) is 1.30. The summed E-state index contributed by atoms with van der Waals surface area (Å²) in [4.78, 5) is 0. The van der Waals surface area contributed by atoms with Gasteiger partial charge in [0.15, 0.2) is 0 Å². The summed E-state index contributed by atoms with van der Waals surface area (Å²) < 4.78 is 0. The van der Waals surface area contributed by atoms with Gasteiger partial charge in [0.2, 0.25) is 0 Å². The number of benzene rings is 1. The molecule has 0 saturated heterocycles. The summed E-state index contributed by atoms with van der Waals surface area (Å²) >= 11 is 0. The molecule has 0 saturated carbocycles. The van der Waals surface area contributed by atoms with Gasteiger partial charge in [-0.2, -0.15) is 0 Å². The van der Waals surface area contributed by atoms with Gasteiger partial charge in [0, 0.05) is 0 Å². The van der Waals surface area contributed by atoms with Crippen molar-refractivity contribution >= 4 is 6.08 Å². The fourth-order valence-electron chi connectivity index (χ4n) is 2.02. The largest absolute Gasteiger partial charge is 0.0882 e. The molecule has 0 heterocycles. The number of allylic oxidation sites excluding steroid dienone is 3. The van der Waals surface area contributed by atoms with Crippen LogP contribution in [-0.4, -0.2) is 0 Å². The zero-order valence-electron chi connectivity index (χ0n) is 9.10. The summed E-state index contributed by atoms with van der Waals surface area (Å²) in [5, 5.41) is 0. The van der Waals surface area contributed by atoms with Gasteiger partial charge < -0.3 is 0 Å². The van der Waals surface area contributed by atoms with E-state index in [0.29, 0.717) is 0 Å². The molecule has 0 bridgehead atoms. The minimum absolute atomic E-state index is 0.777. The van der Waals surface area contributed by atoms with Gasteiger partial charge in [0.1, 0.15) is 0 Å². The van der Waals surface area contributed by atoms with Crippen molar-refractivity contribution in [3.63, 3.8) is 0 Å². The zero-order chi connectivity index (χ0) is 10.3. The van der Waals surface area contributed by atoms with Crippen LogP contribution >= 0.6 is 0 Å². The highest BCUT2D eigenvalue weighted by Crippen LogP contribution is 2.20. The smallest absolute Gasteiger partial charge is 0.0199 e. The third-order valence-corrected chi connectivity index (χ3v) is 2.90. The van der Waals surface area contributed by atoms with Gasteiger partial charge >= 0.3 is 0 Å². The average Bonchev–Trinajstić information content (AvgIpc) is 2.32. The predicted molar refractivity (Wildman–Crippen MR) is 66.6 cm³/mol. The maximum atomic E-state index is 2.37. The van der Waals surface area contributed by atoms with Crippen LogP contribution in [-0.2, 0) is 0 Å². The zero-order valence-corrected chi connectivity index (χ0v) is 9.10. The standard InChI is InChI=1S/C15H18/c1-3-8-14(9-4-1)12-7-13-15-10-5-2-6-11-15/h1,3-5,7-10,12,15H,2,6,11,13H2/b12-7+. The molecule has 0 nitrogen and oxygen atoms in total. The quantitative estimate of drug-likeness (QED) is 0.630. The van der Waals surface area contributed by atoms with Crippen molar-refractivity contribution in [1.29, 1.82) is 0 Å². The minimum Gasteiger partial charge on any atom is -0.0882 e. The fourth-order valence-corrected chi connectivity index (χ4v) is 2.02. The second kappa shape index (κ2) is 5.55. The topological polar surface area (TPSA) is 0 Å². The molecular formula is C15H18. The Morgan fingerprint density at radius 3 is 2.80 bits per heavy atom. The highest BCUT2D eigenvalue weighted by atomic mass is 14.1. The summed E-state index contributed by atoms with van der Waals surface area (Å²) in [7, 11) is 0. The number of hydrogen-bond acceptors (Lipinski definition) is 0. The first-order valence-electron chi connectivity index (χ1n) is 5.83. The Morgan fingerprint density at radius 1 is 1.20 bits per heavy atom. The van der Waals surface area contributed by atoms with Crippen LogP contribution in [0.4, 0.5) is 0 Å². The summed E-state index contributed by atoms with van der Waals surface area (Å²) in [5.74, 6) is 0.777. The molecule has 0 amide bonds. The van der Waals surface area contributed by atoms with Crippen LogP contribution in [0.25, 0.3) is 6.08 Å². The lowest BCUT2D eigenvalue weighted by Crippen LogP contribution is -1.98. The van der Waals surface area contributed by atoms with Crippen molar-refractivity contribution in [3.8, 4) is 0 Å². The minimum atomic E-state index is 0.777. The Bertz CT molecular complexity index is 332. The second-order valence-corrected chi connectivity index (χ2v) is 4.17. The van der Waals surface area contributed by atoms with E-state index in [1.54, 1.807) is 0 Å². The van der Waals surface area contributed by atoms with E-state index < -0.39 is 0 Å². The van der Waals surface area contributed by atoms with Crippen LogP contribution in [0, 0.1) is 5.92 Å².